The zero-order valence-electron chi connectivity index (χ0n) is 23.2. The molecule has 3 aromatic carbocycles. The summed E-state index contributed by atoms with van der Waals surface area (Å²) in [4.78, 5) is 58.9. The molecule has 2 fully saturated rings. The van der Waals surface area contributed by atoms with E-state index in [1.807, 2.05) is 13.0 Å². The predicted octanol–water partition coefficient (Wildman–Crippen LogP) is 7.63. The number of pyridine rings is 1. The molecule has 1 saturated heterocycles. The Morgan fingerprint density at radius 2 is 1.61 bits per heavy atom. The van der Waals surface area contributed by atoms with Crippen LogP contribution in [0.25, 0.3) is 22.2 Å². The van der Waals surface area contributed by atoms with Crippen molar-refractivity contribution in [2.45, 2.75) is 13.3 Å². The fourth-order valence-electron chi connectivity index (χ4n) is 6.71. The zero-order valence-corrected chi connectivity index (χ0v) is 26.3. The quantitative estimate of drug-likeness (QED) is 0.0895. The van der Waals surface area contributed by atoms with Crippen LogP contribution in [0.15, 0.2) is 77.3 Å². The van der Waals surface area contributed by atoms with E-state index in [-0.39, 0.29) is 51.6 Å². The number of nitrogens with zero attached hydrogens (tertiary/aromatic N) is 2. The first-order chi connectivity index (χ1) is 21.1. The Morgan fingerprint density at radius 3 is 2.27 bits per heavy atom. The highest BCUT2D eigenvalue weighted by molar-refractivity contribution is 9.10. The molecule has 7 rings (SSSR count). The van der Waals surface area contributed by atoms with Crippen molar-refractivity contribution in [2.75, 3.05) is 11.5 Å². The Morgan fingerprint density at radius 1 is 0.932 bits per heavy atom. The minimum absolute atomic E-state index is 0.132. The van der Waals surface area contributed by atoms with Gasteiger partial charge in [0.25, 0.3) is 0 Å². The fraction of sp³-hybridized carbons (Fsp3) is 0.206. The molecule has 4 atom stereocenters. The second-order valence-electron chi connectivity index (χ2n) is 11.4. The molecule has 7 nitrogen and oxygen atoms in total. The number of aryl methyl sites for hydroxylation is 1. The normalized spacial score (nSPS) is 21.8. The number of carbonyl (C=O) groups is 4. The molecule has 2 bridgehead atoms. The molecule has 1 aliphatic heterocycles. The predicted molar refractivity (Wildman–Crippen MR) is 171 cm³/mol. The number of benzene rings is 3. The van der Waals surface area contributed by atoms with Crippen LogP contribution < -0.4 is 4.90 Å². The monoisotopic (exact) mass is 688 g/mol. The number of halogens is 3. The molecule has 2 amide bonds. The molecular weight excluding hydrogens is 667 g/mol. The van der Waals surface area contributed by atoms with Crippen LogP contribution in [0.4, 0.5) is 5.69 Å². The van der Waals surface area contributed by atoms with E-state index in [2.05, 4.69) is 28.1 Å². The van der Waals surface area contributed by atoms with Gasteiger partial charge >= 0.3 is 5.97 Å². The van der Waals surface area contributed by atoms with E-state index in [0.717, 1.165) is 16.5 Å². The van der Waals surface area contributed by atoms with E-state index in [1.54, 1.807) is 42.5 Å². The van der Waals surface area contributed by atoms with Crippen molar-refractivity contribution in [2.24, 2.45) is 23.7 Å². The topological polar surface area (TPSA) is 93.6 Å². The number of ketones is 1. The Labute approximate surface area is 270 Å². The minimum Gasteiger partial charge on any atom is -0.454 e. The lowest BCUT2D eigenvalue weighted by Crippen LogP contribution is -2.32. The fourth-order valence-corrected chi connectivity index (χ4v) is 7.80. The number of fused-ring (bicyclic) bond motifs is 6. The first-order valence-corrected chi connectivity index (χ1v) is 15.6. The number of hydrogen-bond acceptors (Lipinski definition) is 6. The standard InChI is InChI=1S/C34H23BrCl2N2O5/c1-16-10-20(35)12-24-25(34(43)44-15-28(40)23-9-6-21(36)13-26(23)37)14-27(38-31(16)24)17-4-7-22(8-5-17)39-32(41)29-18-2-3-19(11-18)30(29)33(39)42/h2-10,12-14,18-19,29-30H,11,15H2,1H3. The molecule has 2 heterocycles. The summed E-state index contributed by atoms with van der Waals surface area (Å²) in [5.74, 6) is -1.75. The summed E-state index contributed by atoms with van der Waals surface area (Å²) >= 11 is 15.6. The van der Waals surface area contributed by atoms with Crippen molar-refractivity contribution < 1.29 is 23.9 Å². The number of esters is 1. The summed E-state index contributed by atoms with van der Waals surface area (Å²) in [5.41, 5.74) is 3.53. The summed E-state index contributed by atoms with van der Waals surface area (Å²) < 4.78 is 6.22. The van der Waals surface area contributed by atoms with Gasteiger partial charge < -0.3 is 4.74 Å². The third kappa shape index (κ3) is 4.76. The molecule has 4 aromatic rings. The van der Waals surface area contributed by atoms with Crippen molar-refractivity contribution in [3.8, 4) is 11.3 Å². The Hall–Kier alpha value is -3.85. The van der Waals surface area contributed by atoms with E-state index in [1.165, 1.54) is 17.0 Å². The summed E-state index contributed by atoms with van der Waals surface area (Å²) in [6, 6.07) is 16.8. The van der Waals surface area contributed by atoms with Gasteiger partial charge in [-0.3, -0.25) is 19.3 Å². The van der Waals surface area contributed by atoms with Gasteiger partial charge in [-0.25, -0.2) is 9.78 Å². The number of rotatable bonds is 6. The third-order valence-electron chi connectivity index (χ3n) is 8.75. The van der Waals surface area contributed by atoms with Crippen LogP contribution in [0.2, 0.25) is 10.0 Å². The number of Topliss-reactive ketones (excluding diaryl/α,β-unsaturated/α-hetero) is 1. The summed E-state index contributed by atoms with van der Waals surface area (Å²) in [5, 5.41) is 1.11. The van der Waals surface area contributed by atoms with E-state index < -0.39 is 18.4 Å². The molecule has 44 heavy (non-hydrogen) atoms. The number of ether oxygens (including phenoxy) is 1. The number of aromatic nitrogens is 1. The Bertz CT molecular complexity index is 1930. The maximum atomic E-state index is 13.4. The molecule has 1 saturated carbocycles. The van der Waals surface area contributed by atoms with Gasteiger partial charge in [-0.1, -0.05) is 63.4 Å². The highest BCUT2D eigenvalue weighted by Crippen LogP contribution is 2.53. The van der Waals surface area contributed by atoms with E-state index in [0.29, 0.717) is 32.9 Å². The van der Waals surface area contributed by atoms with Crippen molar-refractivity contribution in [3.63, 3.8) is 0 Å². The second kappa shape index (κ2) is 10.9. The number of carbonyl (C=O) groups excluding carboxylic acids is 4. The molecule has 0 N–H and O–H groups in total. The SMILES string of the molecule is Cc1cc(Br)cc2c(C(=O)OCC(=O)c3ccc(Cl)cc3Cl)cc(-c3ccc(N4C(=O)C5C6C=CC(C6)C5C4=O)cc3)nc12. The van der Waals surface area contributed by atoms with Gasteiger partial charge in [0.1, 0.15) is 0 Å². The first kappa shape index (κ1) is 28.9. The second-order valence-corrected chi connectivity index (χ2v) is 13.1. The van der Waals surface area contributed by atoms with Crippen LogP contribution in [0.3, 0.4) is 0 Å². The third-order valence-corrected chi connectivity index (χ3v) is 9.75. The van der Waals surface area contributed by atoms with Crippen LogP contribution in [-0.2, 0) is 14.3 Å². The number of allylic oxidation sites excluding steroid dienone is 2. The molecule has 2 aliphatic carbocycles. The van der Waals surface area contributed by atoms with Crippen molar-refractivity contribution in [1.29, 1.82) is 0 Å². The van der Waals surface area contributed by atoms with Gasteiger partial charge in [-0.05, 0) is 79.3 Å². The number of hydrogen-bond donors (Lipinski definition) is 0. The highest BCUT2D eigenvalue weighted by atomic mass is 79.9. The van der Waals surface area contributed by atoms with Crippen molar-refractivity contribution in [1.82, 2.24) is 4.98 Å². The summed E-state index contributed by atoms with van der Waals surface area (Å²) in [6.07, 6.45) is 5.01. The van der Waals surface area contributed by atoms with Crippen molar-refractivity contribution >= 4 is 79.3 Å². The summed E-state index contributed by atoms with van der Waals surface area (Å²) in [7, 11) is 0. The molecular formula is C34H23BrCl2N2O5. The van der Waals surface area contributed by atoms with Crippen LogP contribution in [0.1, 0.15) is 32.7 Å². The van der Waals surface area contributed by atoms with Crippen LogP contribution in [-0.4, -0.2) is 35.2 Å². The van der Waals surface area contributed by atoms with E-state index in [9.17, 15) is 19.2 Å². The highest BCUT2D eigenvalue weighted by Gasteiger charge is 2.59. The lowest BCUT2D eigenvalue weighted by molar-refractivity contribution is -0.123. The Kier molecular flexibility index (Phi) is 7.19. The zero-order chi connectivity index (χ0) is 30.9. The maximum Gasteiger partial charge on any atom is 0.339 e. The van der Waals surface area contributed by atoms with Crippen LogP contribution in [0.5, 0.6) is 0 Å². The molecule has 0 radical (unpaired) electrons. The average Bonchev–Trinajstić information content (AvgIpc) is 3.69. The number of imide groups is 1. The molecule has 3 aliphatic rings. The van der Waals surface area contributed by atoms with Gasteiger partial charge in [0.05, 0.1) is 39.3 Å². The molecule has 0 spiro atoms. The molecule has 1 aromatic heterocycles. The van der Waals surface area contributed by atoms with Gasteiger partial charge in [-0.15, -0.1) is 0 Å². The van der Waals surface area contributed by atoms with Gasteiger partial charge in [0.15, 0.2) is 6.61 Å². The number of amides is 2. The smallest absolute Gasteiger partial charge is 0.339 e. The molecule has 4 unspecified atom stereocenters. The maximum absolute atomic E-state index is 13.4. The largest absolute Gasteiger partial charge is 0.454 e. The lowest BCUT2D eigenvalue weighted by atomic mass is 9.85. The van der Waals surface area contributed by atoms with Gasteiger partial charge in [0.2, 0.25) is 17.6 Å². The molecule has 220 valence electrons. The first-order valence-electron chi connectivity index (χ1n) is 14.0. The van der Waals surface area contributed by atoms with Gasteiger partial charge in [0, 0.05) is 26.0 Å². The van der Waals surface area contributed by atoms with E-state index in [4.69, 9.17) is 32.9 Å². The van der Waals surface area contributed by atoms with Gasteiger partial charge in [-0.2, -0.15) is 0 Å². The molecule has 10 heteroatoms. The Balaban J connectivity index is 1.19. The average molecular weight is 690 g/mol. The van der Waals surface area contributed by atoms with E-state index >= 15 is 0 Å². The van der Waals surface area contributed by atoms with Crippen molar-refractivity contribution in [3.05, 3.63) is 104 Å². The lowest BCUT2D eigenvalue weighted by Gasteiger charge is -2.18. The van der Waals surface area contributed by atoms with Crippen LogP contribution >= 0.6 is 39.1 Å². The number of anilines is 1. The minimum atomic E-state index is -0.700. The van der Waals surface area contributed by atoms with Crippen LogP contribution in [0, 0.1) is 30.6 Å². The summed E-state index contributed by atoms with van der Waals surface area (Å²) in [6.45, 7) is 1.37.